The maximum atomic E-state index is 14.6. The van der Waals surface area contributed by atoms with Crippen LogP contribution >= 0.6 is 0 Å². The molecule has 1 fully saturated rings. The van der Waals surface area contributed by atoms with Crippen molar-refractivity contribution in [1.29, 1.82) is 0 Å². The standard InChI is InChI=1S/C22H23FN2O3/c1-24(2)13-8-14-25-19(16-11-6-7-12-17(16)23)18(21(27)22(25)28)20(26)15-9-4-3-5-10-15/h3-7,9-12,19,26H,8,13-14H2,1-2H3/b20-18-. The van der Waals surface area contributed by atoms with Crippen molar-refractivity contribution in [3.05, 3.63) is 77.1 Å². The summed E-state index contributed by atoms with van der Waals surface area (Å²) in [5.41, 5.74) is 0.533. The first-order chi connectivity index (χ1) is 13.4. The van der Waals surface area contributed by atoms with E-state index in [0.29, 0.717) is 18.5 Å². The summed E-state index contributed by atoms with van der Waals surface area (Å²) in [5.74, 6) is -2.32. The van der Waals surface area contributed by atoms with Gasteiger partial charge in [-0.05, 0) is 33.1 Å². The van der Waals surface area contributed by atoms with E-state index in [-0.39, 0.29) is 23.4 Å². The summed E-state index contributed by atoms with van der Waals surface area (Å²) in [4.78, 5) is 28.8. The minimum Gasteiger partial charge on any atom is -0.507 e. The number of hydrogen-bond acceptors (Lipinski definition) is 4. The van der Waals surface area contributed by atoms with Gasteiger partial charge in [0, 0.05) is 17.7 Å². The number of nitrogens with zero attached hydrogens (tertiary/aromatic N) is 2. The molecule has 1 atom stereocenters. The number of ketones is 1. The van der Waals surface area contributed by atoms with Crippen molar-refractivity contribution in [3.8, 4) is 0 Å². The molecule has 0 bridgehead atoms. The first-order valence-corrected chi connectivity index (χ1v) is 9.14. The summed E-state index contributed by atoms with van der Waals surface area (Å²) in [6, 6.07) is 13.6. The van der Waals surface area contributed by atoms with Crippen LogP contribution in [0.5, 0.6) is 0 Å². The Morgan fingerprint density at radius 1 is 1.07 bits per heavy atom. The number of Topliss-reactive ketones (excluding diaryl/α,β-unsaturated/α-hetero) is 1. The number of rotatable bonds is 6. The number of amides is 1. The SMILES string of the molecule is CN(C)CCCN1C(=O)C(=O)/C(=C(\O)c2ccccc2)C1c1ccccc1F. The minimum atomic E-state index is -0.955. The monoisotopic (exact) mass is 382 g/mol. The maximum Gasteiger partial charge on any atom is 0.295 e. The van der Waals surface area contributed by atoms with Gasteiger partial charge in [0.2, 0.25) is 0 Å². The van der Waals surface area contributed by atoms with Crippen LogP contribution in [0.4, 0.5) is 4.39 Å². The number of carbonyl (C=O) groups excluding carboxylic acids is 2. The van der Waals surface area contributed by atoms with Crippen molar-refractivity contribution < 1.29 is 19.1 Å². The smallest absolute Gasteiger partial charge is 0.295 e. The van der Waals surface area contributed by atoms with Crippen LogP contribution in [-0.2, 0) is 9.59 Å². The van der Waals surface area contributed by atoms with Crippen molar-refractivity contribution >= 4 is 17.4 Å². The third-order valence-electron chi connectivity index (χ3n) is 4.79. The number of aliphatic hydroxyl groups is 1. The van der Waals surface area contributed by atoms with Crippen LogP contribution in [0.3, 0.4) is 0 Å². The van der Waals surface area contributed by atoms with Gasteiger partial charge in [-0.2, -0.15) is 0 Å². The predicted molar refractivity (Wildman–Crippen MR) is 105 cm³/mol. The van der Waals surface area contributed by atoms with Gasteiger partial charge in [0.15, 0.2) is 0 Å². The summed E-state index contributed by atoms with van der Waals surface area (Å²) < 4.78 is 14.6. The molecule has 1 amide bonds. The lowest BCUT2D eigenvalue weighted by Crippen LogP contribution is -2.32. The Morgan fingerprint density at radius 3 is 2.36 bits per heavy atom. The first-order valence-electron chi connectivity index (χ1n) is 9.14. The van der Waals surface area contributed by atoms with E-state index in [0.717, 1.165) is 0 Å². The zero-order chi connectivity index (χ0) is 20.3. The van der Waals surface area contributed by atoms with Gasteiger partial charge in [-0.15, -0.1) is 0 Å². The molecule has 6 heteroatoms. The van der Waals surface area contributed by atoms with E-state index < -0.39 is 23.5 Å². The van der Waals surface area contributed by atoms with E-state index in [1.54, 1.807) is 48.5 Å². The molecule has 0 spiro atoms. The van der Waals surface area contributed by atoms with E-state index >= 15 is 0 Å². The van der Waals surface area contributed by atoms with Gasteiger partial charge in [0.1, 0.15) is 11.6 Å². The lowest BCUT2D eigenvalue weighted by atomic mass is 9.95. The van der Waals surface area contributed by atoms with E-state index in [2.05, 4.69) is 0 Å². The van der Waals surface area contributed by atoms with Gasteiger partial charge >= 0.3 is 0 Å². The third-order valence-corrected chi connectivity index (χ3v) is 4.79. The molecule has 3 rings (SSSR count). The number of halogens is 1. The Morgan fingerprint density at radius 2 is 1.71 bits per heavy atom. The Hall–Kier alpha value is -2.99. The van der Waals surface area contributed by atoms with Crippen LogP contribution in [-0.4, -0.2) is 53.8 Å². The van der Waals surface area contributed by atoms with Gasteiger partial charge in [0.05, 0.1) is 11.6 Å². The fourth-order valence-corrected chi connectivity index (χ4v) is 3.44. The summed E-state index contributed by atoms with van der Waals surface area (Å²) in [5, 5.41) is 10.8. The third kappa shape index (κ3) is 3.82. The second kappa shape index (κ2) is 8.35. The van der Waals surface area contributed by atoms with Crippen molar-refractivity contribution in [1.82, 2.24) is 9.80 Å². The molecule has 0 aliphatic carbocycles. The second-order valence-electron chi connectivity index (χ2n) is 7.04. The molecule has 1 N–H and O–H groups in total. The summed E-state index contributed by atoms with van der Waals surface area (Å²) in [6.45, 7) is 0.999. The number of benzene rings is 2. The van der Waals surface area contributed by atoms with Gasteiger partial charge in [-0.3, -0.25) is 9.59 Å². The summed E-state index contributed by atoms with van der Waals surface area (Å²) in [6.07, 6.45) is 0.621. The Bertz CT molecular complexity index is 909. The molecule has 1 unspecified atom stereocenters. The fraction of sp³-hybridized carbons (Fsp3) is 0.273. The van der Waals surface area contributed by atoms with E-state index in [4.69, 9.17) is 0 Å². The zero-order valence-electron chi connectivity index (χ0n) is 15.9. The van der Waals surface area contributed by atoms with Gasteiger partial charge in [0.25, 0.3) is 11.7 Å². The summed E-state index contributed by atoms with van der Waals surface area (Å²) in [7, 11) is 3.83. The second-order valence-corrected chi connectivity index (χ2v) is 7.04. The molecule has 1 saturated heterocycles. The Balaban J connectivity index is 2.10. The van der Waals surface area contributed by atoms with Gasteiger partial charge in [-0.25, -0.2) is 4.39 Å². The normalized spacial score (nSPS) is 18.9. The summed E-state index contributed by atoms with van der Waals surface area (Å²) >= 11 is 0. The highest BCUT2D eigenvalue weighted by Crippen LogP contribution is 2.40. The molecule has 2 aromatic carbocycles. The molecule has 2 aromatic rings. The maximum absolute atomic E-state index is 14.6. The molecule has 1 aliphatic rings. The highest BCUT2D eigenvalue weighted by molar-refractivity contribution is 6.46. The molecule has 0 saturated carbocycles. The van der Waals surface area contributed by atoms with Crippen LogP contribution in [0.1, 0.15) is 23.6 Å². The molecule has 1 aliphatic heterocycles. The van der Waals surface area contributed by atoms with Gasteiger partial charge < -0.3 is 14.9 Å². The van der Waals surface area contributed by atoms with E-state index in [9.17, 15) is 19.1 Å². The Labute approximate surface area is 163 Å². The highest BCUT2D eigenvalue weighted by atomic mass is 19.1. The highest BCUT2D eigenvalue weighted by Gasteiger charge is 2.46. The molecule has 28 heavy (non-hydrogen) atoms. The lowest BCUT2D eigenvalue weighted by molar-refractivity contribution is -0.140. The number of likely N-dealkylation sites (tertiary alicyclic amines) is 1. The number of aliphatic hydroxyl groups excluding tert-OH is 1. The first kappa shape index (κ1) is 19.8. The molecule has 1 heterocycles. The van der Waals surface area contributed by atoms with Crippen LogP contribution in [0, 0.1) is 5.82 Å². The van der Waals surface area contributed by atoms with Crippen molar-refractivity contribution in [2.24, 2.45) is 0 Å². The topological polar surface area (TPSA) is 60.9 Å². The van der Waals surface area contributed by atoms with Gasteiger partial charge in [-0.1, -0.05) is 48.5 Å². The molecular formula is C22H23FN2O3. The number of carbonyl (C=O) groups is 2. The van der Waals surface area contributed by atoms with Crippen molar-refractivity contribution in [2.45, 2.75) is 12.5 Å². The predicted octanol–water partition coefficient (Wildman–Crippen LogP) is 3.20. The quantitative estimate of drug-likeness (QED) is 0.474. The van der Waals surface area contributed by atoms with Crippen LogP contribution in [0.2, 0.25) is 0 Å². The average Bonchev–Trinajstić information content (AvgIpc) is 2.93. The molecular weight excluding hydrogens is 359 g/mol. The average molecular weight is 382 g/mol. The van der Waals surface area contributed by atoms with Crippen LogP contribution < -0.4 is 0 Å². The molecule has 5 nitrogen and oxygen atoms in total. The molecule has 0 aromatic heterocycles. The molecule has 0 radical (unpaired) electrons. The number of hydrogen-bond donors (Lipinski definition) is 1. The Kier molecular flexibility index (Phi) is 5.90. The van der Waals surface area contributed by atoms with Crippen molar-refractivity contribution in [2.75, 3.05) is 27.2 Å². The largest absolute Gasteiger partial charge is 0.507 e. The fourth-order valence-electron chi connectivity index (χ4n) is 3.44. The minimum absolute atomic E-state index is 0.0776. The lowest BCUT2D eigenvalue weighted by Gasteiger charge is -2.26. The van der Waals surface area contributed by atoms with Crippen LogP contribution in [0.25, 0.3) is 5.76 Å². The van der Waals surface area contributed by atoms with E-state index in [1.165, 1.54) is 11.0 Å². The van der Waals surface area contributed by atoms with Crippen LogP contribution in [0.15, 0.2) is 60.2 Å². The zero-order valence-corrected chi connectivity index (χ0v) is 15.9. The van der Waals surface area contributed by atoms with Crippen molar-refractivity contribution in [3.63, 3.8) is 0 Å². The van der Waals surface area contributed by atoms with E-state index in [1.807, 2.05) is 19.0 Å². The molecule has 146 valence electrons.